The third kappa shape index (κ3) is 4.95. The fourth-order valence-electron chi connectivity index (χ4n) is 2.55. The van der Waals surface area contributed by atoms with E-state index < -0.39 is 7.92 Å². The Balaban J connectivity index is 1.70. The van der Waals surface area contributed by atoms with Crippen LogP contribution in [0.1, 0.15) is 5.56 Å². The van der Waals surface area contributed by atoms with Gasteiger partial charge in [-0.15, -0.1) is 12.6 Å². The highest BCUT2D eigenvalue weighted by molar-refractivity contribution is 7.82. The molecule has 0 amide bonds. The molecule has 24 heavy (non-hydrogen) atoms. The second-order valence-corrected chi connectivity index (χ2v) is 8.36. The number of hydrogen-bond donors (Lipinski definition) is 1. The maximum Gasteiger partial charge on any atom is 0.105 e. The van der Waals surface area contributed by atoms with Gasteiger partial charge < -0.3 is 4.74 Å². The van der Waals surface area contributed by atoms with E-state index in [0.29, 0.717) is 6.61 Å². The summed E-state index contributed by atoms with van der Waals surface area (Å²) in [5.74, 6) is 0. The van der Waals surface area contributed by atoms with Crippen LogP contribution in [0.25, 0.3) is 0 Å². The van der Waals surface area contributed by atoms with Crippen molar-refractivity contribution in [3.05, 3.63) is 96.6 Å². The zero-order valence-electron chi connectivity index (χ0n) is 13.5. The molecule has 0 aliphatic rings. The predicted molar refractivity (Wildman–Crippen MR) is 108 cm³/mol. The third-order valence-corrected chi connectivity index (χ3v) is 6.92. The van der Waals surface area contributed by atoms with Crippen molar-refractivity contribution < 1.29 is 4.74 Å². The van der Waals surface area contributed by atoms with E-state index >= 15 is 0 Å². The Hall–Kier alpha value is -1.60. The molecule has 3 aromatic carbocycles. The molecule has 1 nitrogen and oxygen atoms in total. The van der Waals surface area contributed by atoms with E-state index in [4.69, 9.17) is 17.4 Å². The van der Waals surface area contributed by atoms with Gasteiger partial charge in [0.25, 0.3) is 0 Å². The van der Waals surface area contributed by atoms with Crippen LogP contribution in [0.2, 0.25) is 0 Å². The summed E-state index contributed by atoms with van der Waals surface area (Å²) in [5.41, 5.74) is 1.09. The van der Waals surface area contributed by atoms with Crippen molar-refractivity contribution in [2.45, 2.75) is 12.0 Å². The van der Waals surface area contributed by atoms with Gasteiger partial charge in [0, 0.05) is 6.16 Å². The maximum atomic E-state index is 5.98. The number of benzene rings is 3. The van der Waals surface area contributed by atoms with Gasteiger partial charge in [-0.25, -0.2) is 0 Å². The van der Waals surface area contributed by atoms with Gasteiger partial charge in [0.15, 0.2) is 0 Å². The van der Waals surface area contributed by atoms with Crippen molar-refractivity contribution in [2.75, 3.05) is 6.16 Å². The summed E-state index contributed by atoms with van der Waals surface area (Å²) in [6, 6.07) is 31.6. The molecule has 0 heterocycles. The Bertz CT molecular complexity index is 679. The molecule has 0 N–H and O–H groups in total. The zero-order valence-corrected chi connectivity index (χ0v) is 15.2. The van der Waals surface area contributed by atoms with Gasteiger partial charge >= 0.3 is 0 Å². The van der Waals surface area contributed by atoms with Crippen LogP contribution >= 0.6 is 20.6 Å². The molecule has 3 rings (SSSR count). The first-order valence-electron chi connectivity index (χ1n) is 8.04. The smallest absolute Gasteiger partial charge is 0.105 e. The minimum absolute atomic E-state index is 0.0864. The van der Waals surface area contributed by atoms with E-state index in [1.807, 2.05) is 18.2 Å². The van der Waals surface area contributed by atoms with Crippen LogP contribution in [0.15, 0.2) is 91.0 Å². The second kappa shape index (κ2) is 9.03. The fourth-order valence-corrected chi connectivity index (χ4v) is 5.32. The molecule has 0 aliphatic heterocycles. The monoisotopic (exact) mass is 352 g/mol. The lowest BCUT2D eigenvalue weighted by Crippen LogP contribution is -2.20. The second-order valence-electron chi connectivity index (χ2n) is 5.53. The van der Waals surface area contributed by atoms with Gasteiger partial charge in [-0.1, -0.05) is 91.0 Å². The molecule has 0 saturated heterocycles. The molecule has 0 aromatic heterocycles. The first-order chi connectivity index (χ1) is 11.8. The molecule has 122 valence electrons. The van der Waals surface area contributed by atoms with Gasteiger partial charge in [0.2, 0.25) is 0 Å². The van der Waals surface area contributed by atoms with E-state index in [1.165, 1.54) is 16.2 Å². The number of hydrogen-bond acceptors (Lipinski definition) is 2. The van der Waals surface area contributed by atoms with E-state index in [1.54, 1.807) is 0 Å². The lowest BCUT2D eigenvalue weighted by Gasteiger charge is -2.22. The Morgan fingerprint density at radius 2 is 1.17 bits per heavy atom. The number of ether oxygens (including phenoxy) is 1. The minimum atomic E-state index is -0.472. The molecule has 3 heteroatoms. The summed E-state index contributed by atoms with van der Waals surface area (Å²) >= 11 is 4.69. The molecule has 0 radical (unpaired) electrons. The van der Waals surface area contributed by atoms with Crippen LogP contribution in [-0.4, -0.2) is 11.6 Å². The first kappa shape index (κ1) is 17.2. The van der Waals surface area contributed by atoms with Gasteiger partial charge in [-0.05, 0) is 24.1 Å². The van der Waals surface area contributed by atoms with Gasteiger partial charge in [-0.3, -0.25) is 0 Å². The van der Waals surface area contributed by atoms with Crippen molar-refractivity contribution in [1.29, 1.82) is 0 Å². The topological polar surface area (TPSA) is 9.23 Å². The van der Waals surface area contributed by atoms with Crippen molar-refractivity contribution in [1.82, 2.24) is 0 Å². The molecular formula is C21H21OPS. The van der Waals surface area contributed by atoms with Crippen LogP contribution in [0, 0.1) is 0 Å². The van der Waals surface area contributed by atoms with Crippen molar-refractivity contribution >= 4 is 31.2 Å². The highest BCUT2D eigenvalue weighted by Gasteiger charge is 2.17. The van der Waals surface area contributed by atoms with Crippen LogP contribution in [0.5, 0.6) is 0 Å². The van der Waals surface area contributed by atoms with Gasteiger partial charge in [-0.2, -0.15) is 0 Å². The first-order valence-corrected chi connectivity index (χ1v) is 10.1. The molecule has 0 bridgehead atoms. The molecule has 3 aromatic rings. The highest BCUT2D eigenvalue weighted by Crippen LogP contribution is 2.35. The molecule has 0 saturated carbocycles. The van der Waals surface area contributed by atoms with E-state index in [0.717, 1.165) is 6.16 Å². The lowest BCUT2D eigenvalue weighted by atomic mass is 10.2. The molecular weight excluding hydrogens is 331 g/mol. The van der Waals surface area contributed by atoms with Gasteiger partial charge in [0.05, 0.1) is 6.61 Å². The predicted octanol–water partition coefficient (Wildman–Crippen LogP) is 4.59. The average molecular weight is 352 g/mol. The summed E-state index contributed by atoms with van der Waals surface area (Å²) in [4.78, 5) is 0. The fraction of sp³-hybridized carbons (Fsp3) is 0.143. The summed E-state index contributed by atoms with van der Waals surface area (Å²) in [7, 11) is -0.472. The minimum Gasteiger partial charge on any atom is -0.363 e. The molecule has 1 atom stereocenters. The Kier molecular flexibility index (Phi) is 6.48. The molecule has 0 fully saturated rings. The molecule has 0 spiro atoms. The Labute approximate surface area is 150 Å². The number of rotatable bonds is 7. The average Bonchev–Trinajstić information content (AvgIpc) is 2.67. The summed E-state index contributed by atoms with van der Waals surface area (Å²) in [5, 5.41) is 2.72. The summed E-state index contributed by atoms with van der Waals surface area (Å²) in [6.07, 6.45) is 0.902. The Morgan fingerprint density at radius 3 is 1.67 bits per heavy atom. The van der Waals surface area contributed by atoms with E-state index in [2.05, 4.69) is 72.8 Å². The standard InChI is InChI=1S/C21H21OPS/c24-21(22-16-18-10-4-1-5-11-18)17-23(19-12-6-2-7-13-19)20-14-8-3-9-15-20/h1-15,21,24H,16-17H2. The highest BCUT2D eigenvalue weighted by atomic mass is 32.1. The molecule has 0 aliphatic carbocycles. The SMILES string of the molecule is SC(CP(c1ccccc1)c1ccccc1)OCc1ccccc1. The van der Waals surface area contributed by atoms with Crippen LogP contribution in [0.4, 0.5) is 0 Å². The van der Waals surface area contributed by atoms with E-state index in [-0.39, 0.29) is 5.44 Å². The summed E-state index contributed by atoms with van der Waals surface area (Å²) in [6.45, 7) is 0.599. The van der Waals surface area contributed by atoms with Crippen LogP contribution in [-0.2, 0) is 11.3 Å². The largest absolute Gasteiger partial charge is 0.363 e. The van der Waals surface area contributed by atoms with Crippen molar-refractivity contribution in [3.8, 4) is 0 Å². The van der Waals surface area contributed by atoms with Crippen LogP contribution < -0.4 is 10.6 Å². The summed E-state index contributed by atoms with van der Waals surface area (Å²) < 4.78 is 5.98. The van der Waals surface area contributed by atoms with Crippen molar-refractivity contribution in [2.24, 2.45) is 0 Å². The maximum absolute atomic E-state index is 5.98. The normalized spacial score (nSPS) is 12.2. The quantitative estimate of drug-likeness (QED) is 0.372. The zero-order chi connectivity index (χ0) is 16.6. The molecule has 1 unspecified atom stereocenters. The van der Waals surface area contributed by atoms with Crippen LogP contribution in [0.3, 0.4) is 0 Å². The lowest BCUT2D eigenvalue weighted by molar-refractivity contribution is 0.114. The Morgan fingerprint density at radius 1 is 0.708 bits per heavy atom. The van der Waals surface area contributed by atoms with E-state index in [9.17, 15) is 0 Å². The van der Waals surface area contributed by atoms with Gasteiger partial charge in [0.1, 0.15) is 5.44 Å². The third-order valence-electron chi connectivity index (χ3n) is 3.76. The number of thiol groups is 1. The van der Waals surface area contributed by atoms with Crippen molar-refractivity contribution in [3.63, 3.8) is 0 Å².